The van der Waals surface area contributed by atoms with E-state index in [-0.39, 0.29) is 5.75 Å². The Balaban J connectivity index is 2.01. The number of phenols is 1. The van der Waals surface area contributed by atoms with Crippen LogP contribution in [0.25, 0.3) is 22.3 Å². The molecule has 0 atom stereocenters. The molecule has 3 aromatic carbocycles. The van der Waals surface area contributed by atoms with Crippen molar-refractivity contribution in [3.05, 3.63) is 83.2 Å². The third-order valence-electron chi connectivity index (χ3n) is 4.19. The summed E-state index contributed by atoms with van der Waals surface area (Å²) in [5.74, 6) is 1.53. The summed E-state index contributed by atoms with van der Waals surface area (Å²) in [6.45, 7) is 0. The van der Waals surface area contributed by atoms with E-state index < -0.39 is 0 Å². The van der Waals surface area contributed by atoms with Gasteiger partial charge in [-0.3, -0.25) is 0 Å². The first kappa shape index (κ1) is 17.2. The molecule has 0 saturated carbocycles. The summed E-state index contributed by atoms with van der Waals surface area (Å²) in [5.41, 5.74) is 2.18. The second-order valence-electron chi connectivity index (χ2n) is 5.97. The molecule has 4 rings (SSSR count). The standard InChI is InChI=1S/C22H16ClNO3/c1-26-16-10-11-21-18(12-16)20(24-14-6-8-15(25)9-7-14)13-22(27-21)17-4-2-3-5-19(17)23/h2-13,25H,1H3. The van der Waals surface area contributed by atoms with Crippen LogP contribution in [0, 0.1) is 0 Å². The molecule has 0 amide bonds. The van der Waals surface area contributed by atoms with Gasteiger partial charge in [-0.2, -0.15) is 0 Å². The number of rotatable bonds is 3. The van der Waals surface area contributed by atoms with E-state index in [0.29, 0.717) is 27.8 Å². The Labute approximate surface area is 161 Å². The van der Waals surface area contributed by atoms with Gasteiger partial charge in [-0.15, -0.1) is 0 Å². The lowest BCUT2D eigenvalue weighted by Gasteiger charge is -2.08. The summed E-state index contributed by atoms with van der Waals surface area (Å²) in [6.07, 6.45) is 0. The first-order valence-electron chi connectivity index (χ1n) is 8.34. The Kier molecular flexibility index (Phi) is 4.57. The molecule has 1 N–H and O–H groups in total. The highest BCUT2D eigenvalue weighted by Gasteiger charge is 2.10. The summed E-state index contributed by atoms with van der Waals surface area (Å²) in [4.78, 5) is 4.73. The number of aromatic hydroxyl groups is 1. The van der Waals surface area contributed by atoms with Crippen LogP contribution in [0.4, 0.5) is 5.69 Å². The second-order valence-corrected chi connectivity index (χ2v) is 6.37. The molecule has 0 aliphatic heterocycles. The van der Waals surface area contributed by atoms with E-state index in [9.17, 15) is 5.11 Å². The largest absolute Gasteiger partial charge is 0.508 e. The first-order chi connectivity index (χ1) is 13.1. The van der Waals surface area contributed by atoms with Crippen molar-refractivity contribution in [1.82, 2.24) is 0 Å². The van der Waals surface area contributed by atoms with Crippen molar-refractivity contribution in [3.63, 3.8) is 0 Å². The normalized spacial score (nSPS) is 11.7. The molecule has 0 fully saturated rings. The number of nitrogens with zero attached hydrogens (tertiary/aromatic N) is 1. The lowest BCUT2D eigenvalue weighted by Crippen LogP contribution is -2.03. The monoisotopic (exact) mass is 377 g/mol. The second kappa shape index (κ2) is 7.17. The highest BCUT2D eigenvalue weighted by Crippen LogP contribution is 2.30. The molecular formula is C22H16ClNO3. The van der Waals surface area contributed by atoms with Crippen LogP contribution < -0.4 is 10.1 Å². The summed E-state index contributed by atoms with van der Waals surface area (Å²) >= 11 is 6.35. The van der Waals surface area contributed by atoms with Crippen LogP contribution in [0.2, 0.25) is 5.02 Å². The zero-order valence-corrected chi connectivity index (χ0v) is 15.3. The van der Waals surface area contributed by atoms with Gasteiger partial charge in [-0.1, -0.05) is 23.7 Å². The molecule has 0 bridgehead atoms. The van der Waals surface area contributed by atoms with Gasteiger partial charge >= 0.3 is 0 Å². The molecule has 1 heterocycles. The topological polar surface area (TPSA) is 55.0 Å². The third-order valence-corrected chi connectivity index (χ3v) is 4.52. The maximum absolute atomic E-state index is 9.50. The van der Waals surface area contributed by atoms with Crippen LogP contribution in [0.3, 0.4) is 0 Å². The van der Waals surface area contributed by atoms with E-state index in [4.69, 9.17) is 25.7 Å². The first-order valence-corrected chi connectivity index (χ1v) is 8.72. The van der Waals surface area contributed by atoms with Gasteiger partial charge in [0.15, 0.2) is 0 Å². The molecule has 134 valence electrons. The maximum atomic E-state index is 9.50. The Morgan fingerprint density at radius 1 is 0.963 bits per heavy atom. The number of benzene rings is 3. The minimum atomic E-state index is 0.195. The maximum Gasteiger partial charge on any atom is 0.138 e. The van der Waals surface area contributed by atoms with Crippen LogP contribution in [-0.2, 0) is 0 Å². The highest BCUT2D eigenvalue weighted by atomic mass is 35.5. The molecule has 27 heavy (non-hydrogen) atoms. The average molecular weight is 378 g/mol. The van der Waals surface area contributed by atoms with E-state index in [2.05, 4.69) is 0 Å². The summed E-state index contributed by atoms with van der Waals surface area (Å²) in [6, 6.07) is 21.6. The minimum Gasteiger partial charge on any atom is -0.508 e. The van der Waals surface area contributed by atoms with Crippen molar-refractivity contribution in [1.29, 1.82) is 0 Å². The fourth-order valence-corrected chi connectivity index (χ4v) is 3.06. The Morgan fingerprint density at radius 3 is 2.48 bits per heavy atom. The van der Waals surface area contributed by atoms with E-state index >= 15 is 0 Å². The number of halogens is 1. The quantitative estimate of drug-likeness (QED) is 0.498. The van der Waals surface area contributed by atoms with E-state index in [1.165, 1.54) is 0 Å². The van der Waals surface area contributed by atoms with Crippen LogP contribution in [-0.4, -0.2) is 12.2 Å². The van der Waals surface area contributed by atoms with Gasteiger partial charge in [0, 0.05) is 17.0 Å². The summed E-state index contributed by atoms with van der Waals surface area (Å²) in [7, 11) is 1.62. The molecule has 0 spiro atoms. The van der Waals surface area contributed by atoms with Crippen molar-refractivity contribution >= 4 is 28.3 Å². The van der Waals surface area contributed by atoms with Crippen molar-refractivity contribution in [2.24, 2.45) is 4.99 Å². The van der Waals surface area contributed by atoms with Crippen molar-refractivity contribution in [3.8, 4) is 22.8 Å². The lowest BCUT2D eigenvalue weighted by atomic mass is 10.1. The number of phenolic OH excluding ortho intramolecular Hbond substituents is 1. The number of ether oxygens (including phenoxy) is 1. The number of hydrogen-bond acceptors (Lipinski definition) is 4. The zero-order chi connectivity index (χ0) is 18.8. The van der Waals surface area contributed by atoms with Crippen LogP contribution >= 0.6 is 11.6 Å². The fourth-order valence-electron chi connectivity index (χ4n) is 2.83. The van der Waals surface area contributed by atoms with Crippen molar-refractivity contribution in [2.75, 3.05) is 7.11 Å². The van der Waals surface area contributed by atoms with Crippen LogP contribution in [0.15, 0.2) is 82.2 Å². The molecule has 0 saturated heterocycles. The summed E-state index contributed by atoms with van der Waals surface area (Å²) < 4.78 is 11.4. The van der Waals surface area contributed by atoms with Crippen LogP contribution in [0.5, 0.6) is 11.5 Å². The Hall–Kier alpha value is -3.24. The number of fused-ring (bicyclic) bond motifs is 1. The molecule has 5 heteroatoms. The van der Waals surface area contributed by atoms with Gasteiger partial charge in [0.25, 0.3) is 0 Å². The molecule has 0 aliphatic carbocycles. The molecule has 0 aliphatic rings. The van der Waals surface area contributed by atoms with Gasteiger partial charge in [-0.25, -0.2) is 4.99 Å². The van der Waals surface area contributed by atoms with E-state index in [0.717, 1.165) is 16.3 Å². The predicted octanol–water partition coefficient (Wildman–Crippen LogP) is 5.70. The molecule has 0 unspecified atom stereocenters. The molecular weight excluding hydrogens is 362 g/mol. The van der Waals surface area contributed by atoms with Gasteiger partial charge in [-0.05, 0) is 54.6 Å². The lowest BCUT2D eigenvalue weighted by molar-refractivity contribution is 0.415. The molecule has 0 radical (unpaired) electrons. The smallest absolute Gasteiger partial charge is 0.138 e. The van der Waals surface area contributed by atoms with Crippen molar-refractivity contribution in [2.45, 2.75) is 0 Å². The van der Waals surface area contributed by atoms with Gasteiger partial charge in [0.05, 0.1) is 23.2 Å². The average Bonchev–Trinajstić information content (AvgIpc) is 2.69. The zero-order valence-electron chi connectivity index (χ0n) is 14.5. The van der Waals surface area contributed by atoms with Gasteiger partial charge in [0.1, 0.15) is 22.8 Å². The van der Waals surface area contributed by atoms with Gasteiger partial charge in [0.2, 0.25) is 0 Å². The van der Waals surface area contributed by atoms with Crippen LogP contribution in [0.1, 0.15) is 0 Å². The minimum absolute atomic E-state index is 0.195. The number of methoxy groups -OCH3 is 1. The molecule has 4 aromatic rings. The number of hydrogen-bond donors (Lipinski definition) is 1. The predicted molar refractivity (Wildman–Crippen MR) is 107 cm³/mol. The highest BCUT2D eigenvalue weighted by molar-refractivity contribution is 6.33. The van der Waals surface area contributed by atoms with Crippen molar-refractivity contribution < 1.29 is 14.3 Å². The summed E-state index contributed by atoms with van der Waals surface area (Å²) in [5, 5.41) is 11.6. The van der Waals surface area contributed by atoms with E-state index in [1.54, 1.807) is 31.4 Å². The van der Waals surface area contributed by atoms with E-state index in [1.807, 2.05) is 48.5 Å². The molecule has 1 aromatic heterocycles. The Morgan fingerprint density at radius 2 is 1.74 bits per heavy atom. The SMILES string of the molecule is COc1ccc2oc(-c3ccccc3Cl)cc(=Nc3ccc(O)cc3)c2c1. The Bertz CT molecular complexity index is 1180. The third kappa shape index (κ3) is 3.52. The molecule has 4 nitrogen and oxygen atoms in total. The fraction of sp³-hybridized carbons (Fsp3) is 0.0455. The van der Waals surface area contributed by atoms with Gasteiger partial charge < -0.3 is 14.3 Å².